The average Bonchev–Trinajstić information content (AvgIpc) is 3.09. The minimum atomic E-state index is 0.259. The first-order chi connectivity index (χ1) is 7.38. The van der Waals surface area contributed by atoms with Gasteiger partial charge in [-0.1, -0.05) is 6.92 Å². The molecule has 0 spiro atoms. The number of aromatic nitrogens is 1. The van der Waals surface area contributed by atoms with Gasteiger partial charge in [-0.25, -0.2) is 0 Å². The van der Waals surface area contributed by atoms with Crippen LogP contribution < -0.4 is 10.1 Å². The van der Waals surface area contributed by atoms with Gasteiger partial charge in [0.25, 0.3) is 0 Å². The van der Waals surface area contributed by atoms with E-state index in [1.807, 2.05) is 12.1 Å². The molecule has 0 aromatic carbocycles. The van der Waals surface area contributed by atoms with Crippen LogP contribution in [0, 0.1) is 0 Å². The smallest absolute Gasteiger partial charge is 0.138 e. The van der Waals surface area contributed by atoms with Crippen LogP contribution >= 0.6 is 0 Å². The number of hydrogen-bond donors (Lipinski definition) is 1. The SMILES string of the molecule is CCC(CNC1CC1)Oc1cccnc1. The van der Waals surface area contributed by atoms with Crippen LogP contribution in [0.5, 0.6) is 5.75 Å². The maximum atomic E-state index is 5.82. The average molecular weight is 206 g/mol. The first-order valence-corrected chi connectivity index (χ1v) is 5.68. The Labute approximate surface area is 90.9 Å². The Morgan fingerprint density at radius 2 is 2.47 bits per heavy atom. The Morgan fingerprint density at radius 1 is 1.60 bits per heavy atom. The Balaban J connectivity index is 1.78. The first-order valence-electron chi connectivity index (χ1n) is 5.68. The second kappa shape index (κ2) is 5.12. The van der Waals surface area contributed by atoms with Crippen molar-refractivity contribution in [1.82, 2.24) is 10.3 Å². The molecule has 2 rings (SSSR count). The molecule has 1 aromatic heterocycles. The van der Waals surface area contributed by atoms with E-state index >= 15 is 0 Å². The highest BCUT2D eigenvalue weighted by atomic mass is 16.5. The molecule has 0 saturated heterocycles. The predicted molar refractivity (Wildman–Crippen MR) is 60.0 cm³/mol. The molecule has 1 N–H and O–H groups in total. The van der Waals surface area contributed by atoms with Crippen molar-refractivity contribution in [3.63, 3.8) is 0 Å². The van der Waals surface area contributed by atoms with Gasteiger partial charge in [-0.05, 0) is 31.4 Å². The second-order valence-corrected chi connectivity index (χ2v) is 4.02. The van der Waals surface area contributed by atoms with Crippen LogP contribution in [-0.2, 0) is 0 Å². The summed E-state index contributed by atoms with van der Waals surface area (Å²) in [6, 6.07) is 4.60. The van der Waals surface area contributed by atoms with Gasteiger partial charge in [-0.3, -0.25) is 4.98 Å². The zero-order valence-corrected chi connectivity index (χ0v) is 9.15. The number of pyridine rings is 1. The minimum absolute atomic E-state index is 0.259. The Bertz CT molecular complexity index is 285. The summed E-state index contributed by atoms with van der Waals surface area (Å²) < 4.78 is 5.82. The summed E-state index contributed by atoms with van der Waals surface area (Å²) in [6.45, 7) is 3.09. The van der Waals surface area contributed by atoms with E-state index in [1.165, 1.54) is 12.8 Å². The van der Waals surface area contributed by atoms with Crippen LogP contribution in [0.15, 0.2) is 24.5 Å². The van der Waals surface area contributed by atoms with E-state index in [1.54, 1.807) is 12.4 Å². The van der Waals surface area contributed by atoms with E-state index in [4.69, 9.17) is 4.74 Å². The van der Waals surface area contributed by atoms with Crippen LogP contribution in [0.25, 0.3) is 0 Å². The van der Waals surface area contributed by atoms with Crippen molar-refractivity contribution in [2.24, 2.45) is 0 Å². The number of nitrogens with zero attached hydrogens (tertiary/aromatic N) is 1. The number of hydrogen-bond acceptors (Lipinski definition) is 3. The fourth-order valence-electron chi connectivity index (χ4n) is 1.46. The van der Waals surface area contributed by atoms with E-state index in [9.17, 15) is 0 Å². The number of ether oxygens (including phenoxy) is 1. The Morgan fingerprint density at radius 3 is 3.07 bits per heavy atom. The van der Waals surface area contributed by atoms with Crippen molar-refractivity contribution >= 4 is 0 Å². The second-order valence-electron chi connectivity index (χ2n) is 4.02. The van der Waals surface area contributed by atoms with Crippen LogP contribution in [0.4, 0.5) is 0 Å². The van der Waals surface area contributed by atoms with Crippen LogP contribution in [0.3, 0.4) is 0 Å². The van der Waals surface area contributed by atoms with Crippen molar-refractivity contribution < 1.29 is 4.74 Å². The third-order valence-corrected chi connectivity index (χ3v) is 2.60. The van der Waals surface area contributed by atoms with E-state index in [0.717, 1.165) is 24.8 Å². The lowest BCUT2D eigenvalue weighted by Gasteiger charge is -2.17. The number of nitrogens with one attached hydrogen (secondary N) is 1. The molecule has 1 unspecified atom stereocenters. The quantitative estimate of drug-likeness (QED) is 0.773. The molecule has 1 saturated carbocycles. The first kappa shape index (κ1) is 10.4. The molecular formula is C12H18N2O. The summed E-state index contributed by atoms with van der Waals surface area (Å²) in [5, 5.41) is 3.48. The highest BCUT2D eigenvalue weighted by molar-refractivity contribution is 5.15. The zero-order valence-electron chi connectivity index (χ0n) is 9.15. The van der Waals surface area contributed by atoms with Crippen LogP contribution in [-0.4, -0.2) is 23.7 Å². The molecule has 1 fully saturated rings. The zero-order chi connectivity index (χ0) is 10.5. The van der Waals surface area contributed by atoms with Gasteiger partial charge in [0, 0.05) is 18.8 Å². The van der Waals surface area contributed by atoms with E-state index in [-0.39, 0.29) is 6.10 Å². The maximum absolute atomic E-state index is 5.82. The molecule has 1 heterocycles. The van der Waals surface area contributed by atoms with Crippen molar-refractivity contribution in [2.45, 2.75) is 38.3 Å². The van der Waals surface area contributed by atoms with E-state index in [2.05, 4.69) is 17.2 Å². The third kappa shape index (κ3) is 3.51. The molecule has 0 bridgehead atoms. The molecule has 1 aromatic rings. The van der Waals surface area contributed by atoms with Gasteiger partial charge in [-0.15, -0.1) is 0 Å². The predicted octanol–water partition coefficient (Wildman–Crippen LogP) is 1.99. The van der Waals surface area contributed by atoms with Gasteiger partial charge in [0.1, 0.15) is 11.9 Å². The van der Waals surface area contributed by atoms with Gasteiger partial charge in [-0.2, -0.15) is 0 Å². The third-order valence-electron chi connectivity index (χ3n) is 2.60. The van der Waals surface area contributed by atoms with E-state index in [0.29, 0.717) is 0 Å². The fraction of sp³-hybridized carbons (Fsp3) is 0.583. The molecule has 3 nitrogen and oxygen atoms in total. The van der Waals surface area contributed by atoms with Gasteiger partial charge >= 0.3 is 0 Å². The summed E-state index contributed by atoms with van der Waals surface area (Å²) in [5.41, 5.74) is 0. The summed E-state index contributed by atoms with van der Waals surface area (Å²) in [5.74, 6) is 0.863. The summed E-state index contributed by atoms with van der Waals surface area (Å²) in [4.78, 5) is 4.03. The molecule has 1 aliphatic carbocycles. The van der Waals surface area contributed by atoms with Crippen molar-refractivity contribution in [1.29, 1.82) is 0 Å². The molecule has 82 valence electrons. The molecule has 0 amide bonds. The van der Waals surface area contributed by atoms with Gasteiger partial charge in [0.05, 0.1) is 6.20 Å². The molecule has 3 heteroatoms. The Kier molecular flexibility index (Phi) is 3.56. The summed E-state index contributed by atoms with van der Waals surface area (Å²) in [7, 11) is 0. The van der Waals surface area contributed by atoms with Crippen LogP contribution in [0.2, 0.25) is 0 Å². The largest absolute Gasteiger partial charge is 0.488 e. The lowest BCUT2D eigenvalue weighted by molar-refractivity contribution is 0.192. The molecule has 0 aliphatic heterocycles. The van der Waals surface area contributed by atoms with Gasteiger partial charge in [0.15, 0.2) is 0 Å². The molecular weight excluding hydrogens is 188 g/mol. The summed E-state index contributed by atoms with van der Waals surface area (Å²) >= 11 is 0. The lowest BCUT2D eigenvalue weighted by Crippen LogP contribution is -2.32. The number of rotatable bonds is 6. The van der Waals surface area contributed by atoms with E-state index < -0.39 is 0 Å². The summed E-state index contributed by atoms with van der Waals surface area (Å²) in [6.07, 6.45) is 7.45. The molecule has 1 atom stereocenters. The lowest BCUT2D eigenvalue weighted by atomic mass is 10.2. The van der Waals surface area contributed by atoms with Gasteiger partial charge < -0.3 is 10.1 Å². The standard InChI is InChI=1S/C12H18N2O/c1-2-11(9-14-10-5-6-10)15-12-4-3-7-13-8-12/h3-4,7-8,10-11,14H,2,5-6,9H2,1H3. The minimum Gasteiger partial charge on any atom is -0.488 e. The Hall–Kier alpha value is -1.09. The van der Waals surface area contributed by atoms with Crippen molar-refractivity contribution in [2.75, 3.05) is 6.54 Å². The molecule has 1 aliphatic rings. The van der Waals surface area contributed by atoms with Gasteiger partial charge in [0.2, 0.25) is 0 Å². The normalized spacial score (nSPS) is 17.4. The topological polar surface area (TPSA) is 34.1 Å². The fourth-order valence-corrected chi connectivity index (χ4v) is 1.46. The highest BCUT2D eigenvalue weighted by Crippen LogP contribution is 2.19. The maximum Gasteiger partial charge on any atom is 0.138 e. The molecule has 15 heavy (non-hydrogen) atoms. The monoisotopic (exact) mass is 206 g/mol. The van der Waals surface area contributed by atoms with Crippen LogP contribution in [0.1, 0.15) is 26.2 Å². The van der Waals surface area contributed by atoms with Crippen molar-refractivity contribution in [3.05, 3.63) is 24.5 Å². The van der Waals surface area contributed by atoms with Crippen molar-refractivity contribution in [3.8, 4) is 5.75 Å². The molecule has 0 radical (unpaired) electrons. The highest BCUT2D eigenvalue weighted by Gasteiger charge is 2.21.